The number of alkyl halides is 2. The number of rotatable bonds is 9. The number of amides is 1. The molecule has 0 bridgehead atoms. The number of benzene rings is 3. The SMILES string of the molecule is CN(Cc1ccc(OC(F)F)cc1)C(=O)COC(=O)c1ccccc1C(=O)c1ccccc1. The van der Waals surface area contributed by atoms with Crippen molar-refractivity contribution >= 4 is 17.7 Å². The number of likely N-dealkylation sites (N-methyl/N-ethyl adjacent to an activating group) is 1. The molecule has 0 saturated carbocycles. The van der Waals surface area contributed by atoms with Gasteiger partial charge in [-0.3, -0.25) is 9.59 Å². The van der Waals surface area contributed by atoms with Crippen LogP contribution in [-0.2, 0) is 16.1 Å². The molecule has 0 aliphatic carbocycles. The quantitative estimate of drug-likeness (QED) is 0.356. The normalized spacial score (nSPS) is 10.5. The minimum Gasteiger partial charge on any atom is -0.452 e. The van der Waals surface area contributed by atoms with E-state index in [2.05, 4.69) is 4.74 Å². The molecule has 0 atom stereocenters. The number of hydrogen-bond acceptors (Lipinski definition) is 5. The van der Waals surface area contributed by atoms with E-state index in [0.29, 0.717) is 11.1 Å². The van der Waals surface area contributed by atoms with Gasteiger partial charge < -0.3 is 14.4 Å². The van der Waals surface area contributed by atoms with Gasteiger partial charge in [-0.25, -0.2) is 4.79 Å². The molecule has 0 fully saturated rings. The van der Waals surface area contributed by atoms with Gasteiger partial charge in [-0.05, 0) is 23.8 Å². The Balaban J connectivity index is 1.59. The van der Waals surface area contributed by atoms with Crippen LogP contribution in [0.1, 0.15) is 31.8 Å². The van der Waals surface area contributed by atoms with Crippen LogP contribution in [0, 0.1) is 0 Å². The Kier molecular flexibility index (Phi) is 7.86. The summed E-state index contributed by atoms with van der Waals surface area (Å²) in [7, 11) is 1.52. The van der Waals surface area contributed by atoms with Crippen LogP contribution < -0.4 is 4.74 Å². The molecule has 0 aromatic heterocycles. The molecule has 0 radical (unpaired) electrons. The molecule has 0 heterocycles. The maximum atomic E-state index is 12.8. The number of hydrogen-bond donors (Lipinski definition) is 0. The van der Waals surface area contributed by atoms with Crippen LogP contribution in [0.25, 0.3) is 0 Å². The summed E-state index contributed by atoms with van der Waals surface area (Å²) in [5.74, 6) is -1.57. The zero-order valence-electron chi connectivity index (χ0n) is 17.7. The van der Waals surface area contributed by atoms with Crippen LogP contribution in [0.4, 0.5) is 8.78 Å². The second-order valence-corrected chi connectivity index (χ2v) is 7.09. The lowest BCUT2D eigenvalue weighted by Gasteiger charge is -2.18. The Bertz CT molecular complexity index is 1120. The first-order valence-electron chi connectivity index (χ1n) is 9.98. The van der Waals surface area contributed by atoms with Gasteiger partial charge in [0.1, 0.15) is 5.75 Å². The van der Waals surface area contributed by atoms with Crippen LogP contribution in [0.2, 0.25) is 0 Å². The van der Waals surface area contributed by atoms with Crippen molar-refractivity contribution in [2.45, 2.75) is 13.2 Å². The van der Waals surface area contributed by atoms with Gasteiger partial charge in [-0.15, -0.1) is 0 Å². The number of carbonyl (C=O) groups is 3. The predicted molar refractivity (Wildman–Crippen MR) is 116 cm³/mol. The number of esters is 1. The molecule has 3 aromatic rings. The highest BCUT2D eigenvalue weighted by molar-refractivity contribution is 6.14. The van der Waals surface area contributed by atoms with Crippen molar-refractivity contribution < 1.29 is 32.6 Å². The Morgan fingerprint density at radius 3 is 2.09 bits per heavy atom. The van der Waals surface area contributed by atoms with Gasteiger partial charge in [0.2, 0.25) is 0 Å². The minimum absolute atomic E-state index is 0.0142. The topological polar surface area (TPSA) is 72.9 Å². The summed E-state index contributed by atoms with van der Waals surface area (Å²) in [5, 5.41) is 0. The first-order valence-corrected chi connectivity index (χ1v) is 9.98. The third-order valence-electron chi connectivity index (χ3n) is 4.75. The zero-order valence-corrected chi connectivity index (χ0v) is 17.7. The molecule has 6 nitrogen and oxygen atoms in total. The summed E-state index contributed by atoms with van der Waals surface area (Å²) >= 11 is 0. The molecule has 1 amide bonds. The molecule has 0 aliphatic heterocycles. The molecule has 0 aliphatic rings. The Morgan fingerprint density at radius 2 is 1.45 bits per heavy atom. The van der Waals surface area contributed by atoms with Gasteiger partial charge in [0.25, 0.3) is 5.91 Å². The van der Waals surface area contributed by atoms with Crippen molar-refractivity contribution in [1.82, 2.24) is 4.90 Å². The molecule has 0 unspecified atom stereocenters. The Hall–Kier alpha value is -4.07. The van der Waals surface area contributed by atoms with E-state index in [1.807, 2.05) is 0 Å². The number of ether oxygens (including phenoxy) is 2. The highest BCUT2D eigenvalue weighted by Crippen LogP contribution is 2.17. The Morgan fingerprint density at radius 1 is 0.848 bits per heavy atom. The standard InChI is InChI=1S/C25H21F2NO5/c1-28(15-17-11-13-19(14-12-17)33-25(26)27)22(29)16-32-24(31)21-10-6-5-9-20(21)23(30)18-7-3-2-4-8-18/h2-14,25H,15-16H2,1H3. The minimum atomic E-state index is -2.91. The monoisotopic (exact) mass is 453 g/mol. The molecule has 170 valence electrons. The van der Waals surface area contributed by atoms with Crippen LogP contribution in [0.3, 0.4) is 0 Å². The average Bonchev–Trinajstić information content (AvgIpc) is 2.83. The van der Waals surface area contributed by atoms with E-state index in [0.717, 1.165) is 0 Å². The highest BCUT2D eigenvalue weighted by Gasteiger charge is 2.20. The van der Waals surface area contributed by atoms with Gasteiger partial charge in [-0.1, -0.05) is 60.7 Å². The lowest BCUT2D eigenvalue weighted by atomic mass is 9.98. The van der Waals surface area contributed by atoms with E-state index in [-0.39, 0.29) is 29.2 Å². The second kappa shape index (κ2) is 11.0. The predicted octanol–water partition coefficient (Wildman–Crippen LogP) is 4.33. The van der Waals surface area contributed by atoms with Gasteiger partial charge >= 0.3 is 12.6 Å². The summed E-state index contributed by atoms with van der Waals surface area (Å²) in [6.45, 7) is -3.26. The summed E-state index contributed by atoms with van der Waals surface area (Å²) in [6.07, 6.45) is 0. The summed E-state index contributed by atoms with van der Waals surface area (Å²) in [4.78, 5) is 39.1. The molecular weight excluding hydrogens is 432 g/mol. The first-order chi connectivity index (χ1) is 15.8. The van der Waals surface area contributed by atoms with Gasteiger partial charge in [0, 0.05) is 24.7 Å². The van der Waals surface area contributed by atoms with Gasteiger partial charge in [-0.2, -0.15) is 8.78 Å². The van der Waals surface area contributed by atoms with Crippen molar-refractivity contribution in [3.8, 4) is 5.75 Å². The zero-order chi connectivity index (χ0) is 23.8. The fourth-order valence-electron chi connectivity index (χ4n) is 3.06. The third-order valence-corrected chi connectivity index (χ3v) is 4.75. The Labute approximate surface area is 189 Å². The number of carbonyl (C=O) groups excluding carboxylic acids is 3. The fourth-order valence-corrected chi connectivity index (χ4v) is 3.06. The average molecular weight is 453 g/mol. The van der Waals surface area contributed by atoms with E-state index < -0.39 is 25.1 Å². The second-order valence-electron chi connectivity index (χ2n) is 7.09. The maximum absolute atomic E-state index is 12.8. The van der Waals surface area contributed by atoms with E-state index in [4.69, 9.17) is 4.74 Å². The third kappa shape index (κ3) is 6.46. The lowest BCUT2D eigenvalue weighted by molar-refractivity contribution is -0.133. The molecular formula is C25H21F2NO5. The highest BCUT2D eigenvalue weighted by atomic mass is 19.3. The molecule has 33 heavy (non-hydrogen) atoms. The first kappa shape index (κ1) is 23.6. The van der Waals surface area contributed by atoms with Crippen molar-refractivity contribution in [1.29, 1.82) is 0 Å². The molecule has 0 saturated heterocycles. The van der Waals surface area contributed by atoms with Gasteiger partial charge in [0.05, 0.1) is 5.56 Å². The summed E-state index contributed by atoms with van der Waals surface area (Å²) < 4.78 is 33.9. The van der Waals surface area contributed by atoms with E-state index in [1.165, 1.54) is 36.2 Å². The number of ketones is 1. The van der Waals surface area contributed by atoms with Crippen molar-refractivity contribution in [2.75, 3.05) is 13.7 Å². The van der Waals surface area contributed by atoms with Crippen molar-refractivity contribution in [3.05, 3.63) is 101 Å². The lowest BCUT2D eigenvalue weighted by Crippen LogP contribution is -2.31. The molecule has 0 N–H and O–H groups in total. The summed E-state index contributed by atoms with van der Waals surface area (Å²) in [6, 6.07) is 20.6. The molecule has 3 rings (SSSR count). The smallest absolute Gasteiger partial charge is 0.387 e. The van der Waals surface area contributed by atoms with Crippen LogP contribution in [0.5, 0.6) is 5.75 Å². The summed E-state index contributed by atoms with van der Waals surface area (Å²) in [5.41, 5.74) is 1.35. The van der Waals surface area contributed by atoms with Crippen molar-refractivity contribution in [3.63, 3.8) is 0 Å². The molecule has 3 aromatic carbocycles. The fraction of sp³-hybridized carbons (Fsp3) is 0.160. The molecule has 0 spiro atoms. The largest absolute Gasteiger partial charge is 0.452 e. The molecule has 8 heteroatoms. The number of halogens is 2. The van der Waals surface area contributed by atoms with E-state index in [9.17, 15) is 23.2 Å². The van der Waals surface area contributed by atoms with E-state index >= 15 is 0 Å². The van der Waals surface area contributed by atoms with Crippen LogP contribution in [0.15, 0.2) is 78.9 Å². The van der Waals surface area contributed by atoms with E-state index in [1.54, 1.807) is 54.6 Å². The number of nitrogens with zero attached hydrogens (tertiary/aromatic N) is 1. The maximum Gasteiger partial charge on any atom is 0.387 e. The van der Waals surface area contributed by atoms with Crippen LogP contribution >= 0.6 is 0 Å². The van der Waals surface area contributed by atoms with Crippen molar-refractivity contribution in [2.24, 2.45) is 0 Å². The van der Waals surface area contributed by atoms with Crippen LogP contribution in [-0.4, -0.2) is 42.8 Å². The van der Waals surface area contributed by atoms with Gasteiger partial charge in [0.15, 0.2) is 12.4 Å².